The highest BCUT2D eigenvalue weighted by Gasteiger charge is 2.25. The van der Waals surface area contributed by atoms with Gasteiger partial charge in [0.2, 0.25) is 0 Å². The Kier molecular flexibility index (Phi) is 6.02. The van der Waals surface area contributed by atoms with Crippen molar-refractivity contribution in [2.24, 2.45) is 0 Å². The summed E-state index contributed by atoms with van der Waals surface area (Å²) in [5.74, 6) is 0.176. The molecule has 22 heavy (non-hydrogen) atoms. The molecule has 0 spiro atoms. The molecule has 1 aromatic heterocycles. The minimum atomic E-state index is -3.14. The van der Waals surface area contributed by atoms with Gasteiger partial charge in [-0.15, -0.1) is 0 Å². The predicted octanol–water partition coefficient (Wildman–Crippen LogP) is 3.29. The van der Waals surface area contributed by atoms with Crippen LogP contribution in [0.4, 0.5) is 0 Å². The Labute approximate surface area is 133 Å². The fraction of sp³-hybridized carbons (Fsp3) is 0.385. The second kappa shape index (κ2) is 7.78. The van der Waals surface area contributed by atoms with Crippen molar-refractivity contribution < 1.29 is 18.7 Å². The van der Waals surface area contributed by atoms with Gasteiger partial charge in [0.15, 0.2) is 5.16 Å². The van der Waals surface area contributed by atoms with E-state index >= 15 is 0 Å². The summed E-state index contributed by atoms with van der Waals surface area (Å²) < 4.78 is 24.6. The number of aromatic nitrogens is 3. The van der Waals surface area contributed by atoms with Crippen LogP contribution in [0, 0.1) is 0 Å². The third-order valence-electron chi connectivity index (χ3n) is 2.61. The molecule has 0 atom stereocenters. The molecule has 0 saturated heterocycles. The molecule has 9 heteroatoms. The van der Waals surface area contributed by atoms with Gasteiger partial charge in [0, 0.05) is 0 Å². The summed E-state index contributed by atoms with van der Waals surface area (Å²) in [5.41, 5.74) is 0.909. The van der Waals surface area contributed by atoms with E-state index in [0.717, 1.165) is 5.69 Å². The molecule has 1 aromatic carbocycles. The van der Waals surface area contributed by atoms with E-state index in [9.17, 15) is 9.67 Å². The van der Waals surface area contributed by atoms with Crippen molar-refractivity contribution in [3.63, 3.8) is 0 Å². The number of thioether (sulfide) groups is 1. The van der Waals surface area contributed by atoms with Gasteiger partial charge in [0.25, 0.3) is 0 Å². The van der Waals surface area contributed by atoms with Crippen molar-refractivity contribution in [1.82, 2.24) is 14.8 Å². The number of benzene rings is 1. The average molecular weight is 343 g/mol. The molecular weight excluding hydrogens is 325 g/mol. The average Bonchev–Trinajstić information content (AvgIpc) is 2.95. The number of rotatable bonds is 8. The van der Waals surface area contributed by atoms with Crippen molar-refractivity contribution in [3.8, 4) is 11.4 Å². The lowest BCUT2D eigenvalue weighted by atomic mass is 10.3. The SMILES string of the molecule is CCOP(=O)(CSc1ncnn1-c1ccc(O)cc1)OCC. The van der Waals surface area contributed by atoms with Crippen LogP contribution >= 0.6 is 19.4 Å². The largest absolute Gasteiger partial charge is 0.508 e. The highest BCUT2D eigenvalue weighted by molar-refractivity contribution is 8.04. The van der Waals surface area contributed by atoms with Gasteiger partial charge in [-0.2, -0.15) is 5.10 Å². The molecule has 0 amide bonds. The summed E-state index contributed by atoms with van der Waals surface area (Å²) >= 11 is 1.25. The van der Waals surface area contributed by atoms with E-state index in [1.165, 1.54) is 18.1 Å². The van der Waals surface area contributed by atoms with Gasteiger partial charge in [-0.05, 0) is 38.1 Å². The lowest BCUT2D eigenvalue weighted by molar-refractivity contribution is 0.224. The lowest BCUT2D eigenvalue weighted by Crippen LogP contribution is -2.01. The number of nitrogens with zero attached hydrogens (tertiary/aromatic N) is 3. The van der Waals surface area contributed by atoms with Gasteiger partial charge >= 0.3 is 7.60 Å². The van der Waals surface area contributed by atoms with Crippen LogP contribution in [0.3, 0.4) is 0 Å². The second-order valence-corrected chi connectivity index (χ2v) is 7.62. The van der Waals surface area contributed by atoms with Gasteiger partial charge in [0.1, 0.15) is 17.6 Å². The van der Waals surface area contributed by atoms with E-state index < -0.39 is 7.60 Å². The third kappa shape index (κ3) is 4.33. The summed E-state index contributed by atoms with van der Waals surface area (Å²) in [7, 11) is -3.14. The summed E-state index contributed by atoms with van der Waals surface area (Å²) in [5, 5.41) is 14.0. The molecule has 2 rings (SSSR count). The van der Waals surface area contributed by atoms with Crippen LogP contribution < -0.4 is 0 Å². The maximum absolute atomic E-state index is 12.4. The number of aromatic hydroxyl groups is 1. The first-order chi connectivity index (χ1) is 10.6. The molecule has 0 aliphatic rings. The fourth-order valence-corrected chi connectivity index (χ4v) is 4.69. The highest BCUT2D eigenvalue weighted by atomic mass is 32.2. The molecule has 1 heterocycles. The first-order valence-electron chi connectivity index (χ1n) is 6.78. The van der Waals surface area contributed by atoms with Gasteiger partial charge in [0.05, 0.1) is 18.9 Å². The van der Waals surface area contributed by atoms with Crippen LogP contribution in [0.15, 0.2) is 35.7 Å². The van der Waals surface area contributed by atoms with Crippen LogP contribution in [0.5, 0.6) is 5.75 Å². The molecule has 0 bridgehead atoms. The molecule has 0 aliphatic heterocycles. The molecule has 0 unspecified atom stereocenters. The van der Waals surface area contributed by atoms with E-state index in [1.54, 1.807) is 42.8 Å². The zero-order valence-electron chi connectivity index (χ0n) is 12.4. The number of phenols is 1. The molecule has 0 aliphatic carbocycles. The van der Waals surface area contributed by atoms with Gasteiger partial charge < -0.3 is 14.2 Å². The Morgan fingerprint density at radius 2 is 1.86 bits per heavy atom. The van der Waals surface area contributed by atoms with Crippen molar-refractivity contribution in [3.05, 3.63) is 30.6 Å². The fourth-order valence-electron chi connectivity index (χ4n) is 1.74. The summed E-state index contributed by atoms with van der Waals surface area (Å²) in [4.78, 5) is 4.16. The lowest BCUT2D eigenvalue weighted by Gasteiger charge is -2.16. The minimum absolute atomic E-state index is 0.158. The van der Waals surface area contributed by atoms with E-state index in [1.807, 2.05) is 0 Å². The molecule has 0 fully saturated rings. The topological polar surface area (TPSA) is 86.5 Å². The standard InChI is InChI=1S/C13H18N3O4PS/c1-3-19-21(18,20-4-2)10-22-13-14-9-15-16(13)11-5-7-12(17)8-6-11/h5-9,17H,3-4,10H2,1-2H3. The van der Waals surface area contributed by atoms with Crippen LogP contribution in [0.2, 0.25) is 0 Å². The Morgan fingerprint density at radius 3 is 2.45 bits per heavy atom. The third-order valence-corrected chi connectivity index (χ3v) is 6.24. The van der Waals surface area contributed by atoms with E-state index in [4.69, 9.17) is 9.05 Å². The van der Waals surface area contributed by atoms with E-state index in [0.29, 0.717) is 18.4 Å². The molecule has 0 radical (unpaired) electrons. The molecule has 1 N–H and O–H groups in total. The monoisotopic (exact) mass is 343 g/mol. The van der Waals surface area contributed by atoms with Crippen LogP contribution in [0.25, 0.3) is 5.69 Å². The van der Waals surface area contributed by atoms with Gasteiger partial charge in [-0.1, -0.05) is 11.8 Å². The summed E-state index contributed by atoms with van der Waals surface area (Å²) in [6.45, 7) is 4.19. The molecule has 0 saturated carbocycles. The van der Waals surface area contributed by atoms with Crippen LogP contribution in [0.1, 0.15) is 13.8 Å². The Bertz CT molecular complexity index is 637. The van der Waals surface area contributed by atoms with E-state index in [-0.39, 0.29) is 11.2 Å². The first-order valence-corrected chi connectivity index (χ1v) is 9.49. The number of phenolic OH excluding ortho intramolecular Hbond substituents is 1. The molecular formula is C13H18N3O4PS. The van der Waals surface area contributed by atoms with Crippen molar-refractivity contribution in [2.45, 2.75) is 19.0 Å². The summed E-state index contributed by atoms with van der Waals surface area (Å²) in [6.07, 6.45) is 1.42. The molecule has 2 aromatic rings. The smallest absolute Gasteiger partial charge is 0.340 e. The predicted molar refractivity (Wildman–Crippen MR) is 84.6 cm³/mol. The van der Waals surface area contributed by atoms with Crippen LogP contribution in [-0.2, 0) is 13.6 Å². The van der Waals surface area contributed by atoms with Crippen molar-refractivity contribution >= 4 is 19.4 Å². The second-order valence-electron chi connectivity index (χ2n) is 4.19. The highest BCUT2D eigenvalue weighted by Crippen LogP contribution is 2.51. The van der Waals surface area contributed by atoms with Gasteiger partial charge in [-0.25, -0.2) is 9.67 Å². The summed E-state index contributed by atoms with van der Waals surface area (Å²) in [6, 6.07) is 6.57. The van der Waals surface area contributed by atoms with E-state index in [2.05, 4.69) is 10.1 Å². The quantitative estimate of drug-likeness (QED) is 0.581. The molecule has 7 nitrogen and oxygen atoms in total. The Morgan fingerprint density at radius 1 is 1.23 bits per heavy atom. The Hall–Kier alpha value is -1.34. The van der Waals surface area contributed by atoms with Crippen molar-refractivity contribution in [1.29, 1.82) is 0 Å². The number of hydrogen-bond acceptors (Lipinski definition) is 7. The Balaban J connectivity index is 2.13. The zero-order valence-corrected chi connectivity index (χ0v) is 14.1. The maximum Gasteiger partial charge on any atom is 0.340 e. The zero-order chi connectivity index (χ0) is 16.0. The normalized spacial score (nSPS) is 11.7. The molecule has 120 valence electrons. The van der Waals surface area contributed by atoms with Gasteiger partial charge in [-0.3, -0.25) is 4.57 Å². The maximum atomic E-state index is 12.4. The van der Waals surface area contributed by atoms with Crippen LogP contribution in [-0.4, -0.2) is 38.6 Å². The first kappa shape index (κ1) is 17.0. The number of hydrogen-bond donors (Lipinski definition) is 1. The van der Waals surface area contributed by atoms with Crippen molar-refractivity contribution in [2.75, 3.05) is 18.7 Å². The minimum Gasteiger partial charge on any atom is -0.508 e.